The Kier molecular flexibility index (Phi) is 7.12. The molecular formula is C20H26N6O2S. The molecule has 1 atom stereocenters. The molecule has 1 aliphatic rings. The van der Waals surface area contributed by atoms with Crippen molar-refractivity contribution < 1.29 is 9.53 Å². The van der Waals surface area contributed by atoms with Gasteiger partial charge in [-0.25, -0.2) is 0 Å². The van der Waals surface area contributed by atoms with Crippen molar-refractivity contribution in [1.82, 2.24) is 14.8 Å². The van der Waals surface area contributed by atoms with Crippen LogP contribution >= 0.6 is 11.8 Å². The molecule has 0 saturated carbocycles. The van der Waals surface area contributed by atoms with Crippen LogP contribution in [0.3, 0.4) is 0 Å². The minimum Gasteiger partial charge on any atom is -0.378 e. The third-order valence-electron chi connectivity index (χ3n) is 4.45. The van der Waals surface area contributed by atoms with E-state index in [1.54, 1.807) is 24.3 Å². The number of ether oxygens (including phenoxy) is 1. The first kappa shape index (κ1) is 21.1. The molecule has 0 aliphatic carbocycles. The SMILES string of the molecule is CC(C)Cn1c(SC(C)C(=O)Nc2cccc(C#N)c2)nnc1N1CCOCC1. The second-order valence-electron chi connectivity index (χ2n) is 7.33. The highest BCUT2D eigenvalue weighted by Crippen LogP contribution is 2.28. The number of nitrogens with zero attached hydrogens (tertiary/aromatic N) is 5. The smallest absolute Gasteiger partial charge is 0.237 e. The number of thioether (sulfide) groups is 1. The normalized spacial score (nSPS) is 15.2. The van der Waals surface area contributed by atoms with Crippen molar-refractivity contribution >= 4 is 29.3 Å². The average molecular weight is 415 g/mol. The van der Waals surface area contributed by atoms with Crippen LogP contribution < -0.4 is 10.2 Å². The summed E-state index contributed by atoms with van der Waals surface area (Å²) in [6.45, 7) is 9.84. The van der Waals surface area contributed by atoms with E-state index in [1.807, 2.05) is 6.92 Å². The van der Waals surface area contributed by atoms with Gasteiger partial charge in [0, 0.05) is 25.3 Å². The highest BCUT2D eigenvalue weighted by Gasteiger charge is 2.24. The number of amides is 1. The maximum atomic E-state index is 12.7. The largest absolute Gasteiger partial charge is 0.378 e. The predicted molar refractivity (Wildman–Crippen MR) is 113 cm³/mol. The van der Waals surface area contributed by atoms with E-state index < -0.39 is 0 Å². The molecule has 2 aromatic rings. The molecule has 1 unspecified atom stereocenters. The molecule has 8 nitrogen and oxygen atoms in total. The van der Waals surface area contributed by atoms with Crippen molar-refractivity contribution in [2.45, 2.75) is 37.7 Å². The third-order valence-corrected chi connectivity index (χ3v) is 5.53. The van der Waals surface area contributed by atoms with Gasteiger partial charge in [0.25, 0.3) is 0 Å². The summed E-state index contributed by atoms with van der Waals surface area (Å²) in [4.78, 5) is 14.8. The fourth-order valence-electron chi connectivity index (χ4n) is 3.01. The fraction of sp³-hybridized carbons (Fsp3) is 0.500. The number of nitriles is 1. The van der Waals surface area contributed by atoms with Crippen molar-refractivity contribution in [2.75, 3.05) is 36.5 Å². The number of rotatable bonds is 7. The van der Waals surface area contributed by atoms with Crippen LogP contribution in [0.15, 0.2) is 29.4 Å². The van der Waals surface area contributed by atoms with E-state index in [-0.39, 0.29) is 11.2 Å². The maximum Gasteiger partial charge on any atom is 0.237 e. The number of benzene rings is 1. The van der Waals surface area contributed by atoms with E-state index in [1.165, 1.54) is 11.8 Å². The summed E-state index contributed by atoms with van der Waals surface area (Å²) in [6, 6.07) is 8.96. The molecule has 1 amide bonds. The van der Waals surface area contributed by atoms with Gasteiger partial charge in [-0.05, 0) is 31.0 Å². The lowest BCUT2D eigenvalue weighted by Crippen LogP contribution is -2.38. The number of hydrogen-bond acceptors (Lipinski definition) is 7. The Bertz CT molecular complexity index is 885. The average Bonchev–Trinajstić information content (AvgIpc) is 3.10. The monoisotopic (exact) mass is 414 g/mol. The standard InChI is InChI=1S/C20H26N6O2S/c1-14(2)13-26-19(25-7-9-28-10-8-25)23-24-20(26)29-15(3)18(27)22-17-6-4-5-16(11-17)12-21/h4-6,11,14-15H,7-10,13H2,1-3H3,(H,22,27). The number of carbonyl (C=O) groups is 1. The number of morpholine rings is 1. The molecule has 0 radical (unpaired) electrons. The lowest BCUT2D eigenvalue weighted by atomic mass is 10.2. The van der Waals surface area contributed by atoms with Crippen LogP contribution in [0.1, 0.15) is 26.3 Å². The number of nitrogens with one attached hydrogen (secondary N) is 1. The Balaban J connectivity index is 1.73. The van der Waals surface area contributed by atoms with Gasteiger partial charge >= 0.3 is 0 Å². The van der Waals surface area contributed by atoms with E-state index in [2.05, 4.69) is 44.9 Å². The maximum absolute atomic E-state index is 12.7. The topological polar surface area (TPSA) is 96.1 Å². The highest BCUT2D eigenvalue weighted by molar-refractivity contribution is 8.00. The highest BCUT2D eigenvalue weighted by atomic mass is 32.2. The van der Waals surface area contributed by atoms with E-state index in [4.69, 9.17) is 10.00 Å². The van der Waals surface area contributed by atoms with Gasteiger partial charge in [-0.3, -0.25) is 9.36 Å². The van der Waals surface area contributed by atoms with Crippen LogP contribution in [-0.4, -0.2) is 52.2 Å². The first-order valence-corrected chi connectivity index (χ1v) is 10.6. The molecule has 1 aromatic carbocycles. The van der Waals surface area contributed by atoms with Crippen molar-refractivity contribution in [3.63, 3.8) is 0 Å². The van der Waals surface area contributed by atoms with Crippen LogP contribution in [-0.2, 0) is 16.1 Å². The molecule has 3 rings (SSSR count). The van der Waals surface area contributed by atoms with E-state index in [0.717, 1.165) is 30.7 Å². The van der Waals surface area contributed by atoms with Crippen LogP contribution in [0.4, 0.5) is 11.6 Å². The molecule has 29 heavy (non-hydrogen) atoms. The molecule has 1 saturated heterocycles. The first-order chi connectivity index (χ1) is 14.0. The molecule has 154 valence electrons. The zero-order valence-electron chi connectivity index (χ0n) is 17.0. The van der Waals surface area contributed by atoms with Crippen molar-refractivity contribution in [3.8, 4) is 6.07 Å². The second kappa shape index (κ2) is 9.76. The fourth-order valence-corrected chi connectivity index (χ4v) is 3.87. The summed E-state index contributed by atoms with van der Waals surface area (Å²) in [6.07, 6.45) is 0. The second-order valence-corrected chi connectivity index (χ2v) is 8.64. The van der Waals surface area contributed by atoms with Gasteiger partial charge < -0.3 is 15.0 Å². The molecule has 1 N–H and O–H groups in total. The van der Waals surface area contributed by atoms with Gasteiger partial charge in [0.2, 0.25) is 11.9 Å². The molecule has 1 fully saturated rings. The van der Waals surface area contributed by atoms with Gasteiger partial charge in [0.05, 0.1) is 30.1 Å². The molecule has 2 heterocycles. The quantitative estimate of drug-likeness (QED) is 0.696. The van der Waals surface area contributed by atoms with Crippen LogP contribution in [0.25, 0.3) is 0 Å². The first-order valence-electron chi connectivity index (χ1n) is 9.71. The van der Waals surface area contributed by atoms with E-state index >= 15 is 0 Å². The van der Waals surface area contributed by atoms with Crippen LogP contribution in [0.2, 0.25) is 0 Å². The third kappa shape index (κ3) is 5.49. The van der Waals surface area contributed by atoms with Gasteiger partial charge in [0.1, 0.15) is 0 Å². The van der Waals surface area contributed by atoms with Crippen molar-refractivity contribution in [3.05, 3.63) is 29.8 Å². The Morgan fingerprint density at radius 1 is 1.31 bits per heavy atom. The zero-order valence-corrected chi connectivity index (χ0v) is 17.8. The predicted octanol–water partition coefficient (Wildman–Crippen LogP) is 2.76. The summed E-state index contributed by atoms with van der Waals surface area (Å²) in [5.41, 5.74) is 1.12. The summed E-state index contributed by atoms with van der Waals surface area (Å²) >= 11 is 1.39. The number of carbonyl (C=O) groups excluding carboxylic acids is 1. The minimum absolute atomic E-state index is 0.142. The molecule has 9 heteroatoms. The number of anilines is 2. The van der Waals surface area contributed by atoms with Crippen LogP contribution in [0.5, 0.6) is 0 Å². The van der Waals surface area contributed by atoms with E-state index in [9.17, 15) is 4.79 Å². The molecule has 1 aromatic heterocycles. The Labute approximate surface area is 175 Å². The molecule has 1 aliphatic heterocycles. The van der Waals surface area contributed by atoms with Gasteiger partial charge in [-0.15, -0.1) is 10.2 Å². The van der Waals surface area contributed by atoms with Crippen LogP contribution in [0, 0.1) is 17.2 Å². The summed E-state index contributed by atoms with van der Waals surface area (Å²) in [7, 11) is 0. The Hall–Kier alpha value is -2.57. The Morgan fingerprint density at radius 3 is 2.76 bits per heavy atom. The molecule has 0 bridgehead atoms. The zero-order chi connectivity index (χ0) is 20.8. The number of hydrogen-bond donors (Lipinski definition) is 1. The van der Waals surface area contributed by atoms with Crippen molar-refractivity contribution in [2.24, 2.45) is 5.92 Å². The Morgan fingerprint density at radius 2 is 2.07 bits per heavy atom. The van der Waals surface area contributed by atoms with Gasteiger partial charge in [-0.2, -0.15) is 5.26 Å². The van der Waals surface area contributed by atoms with Crippen molar-refractivity contribution in [1.29, 1.82) is 5.26 Å². The number of aromatic nitrogens is 3. The minimum atomic E-state index is -0.367. The lowest BCUT2D eigenvalue weighted by Gasteiger charge is -2.28. The summed E-state index contributed by atoms with van der Waals surface area (Å²) in [5.74, 6) is 1.11. The van der Waals surface area contributed by atoms with Gasteiger partial charge in [0.15, 0.2) is 5.16 Å². The summed E-state index contributed by atoms with van der Waals surface area (Å²) < 4.78 is 7.54. The van der Waals surface area contributed by atoms with E-state index in [0.29, 0.717) is 30.4 Å². The molecule has 0 spiro atoms. The van der Waals surface area contributed by atoms with Gasteiger partial charge in [-0.1, -0.05) is 31.7 Å². The molecular weight excluding hydrogens is 388 g/mol. The summed E-state index contributed by atoms with van der Waals surface area (Å²) in [5, 5.41) is 21.0. The lowest BCUT2D eigenvalue weighted by molar-refractivity contribution is -0.115.